The van der Waals surface area contributed by atoms with Crippen molar-refractivity contribution in [2.24, 2.45) is 0 Å². The van der Waals surface area contributed by atoms with E-state index in [1.165, 1.54) is 6.07 Å². The van der Waals surface area contributed by atoms with Gasteiger partial charge >= 0.3 is 0 Å². The Kier molecular flexibility index (Phi) is 3.72. The zero-order valence-corrected chi connectivity index (χ0v) is 10.5. The first kappa shape index (κ1) is 12.7. The van der Waals surface area contributed by atoms with E-state index >= 15 is 0 Å². The van der Waals surface area contributed by atoms with E-state index in [9.17, 15) is 9.50 Å². The summed E-state index contributed by atoms with van der Waals surface area (Å²) in [6.07, 6.45) is 2.77. The molecule has 0 spiro atoms. The van der Waals surface area contributed by atoms with Gasteiger partial charge in [-0.05, 0) is 25.0 Å². The lowest BCUT2D eigenvalue weighted by Gasteiger charge is -2.09. The molecular weight excluding hydrogens is 233 g/mol. The van der Waals surface area contributed by atoms with Crippen LogP contribution in [0.5, 0.6) is 0 Å². The van der Waals surface area contributed by atoms with Crippen LogP contribution in [0.15, 0.2) is 18.3 Å². The Morgan fingerprint density at radius 2 is 2.06 bits per heavy atom. The molecule has 2 heterocycles. The summed E-state index contributed by atoms with van der Waals surface area (Å²) in [4.78, 5) is 4.04. The number of aromatic nitrogens is 3. The minimum atomic E-state index is -0.455. The van der Waals surface area contributed by atoms with Crippen LogP contribution in [-0.2, 0) is 19.4 Å². The van der Waals surface area contributed by atoms with Crippen LogP contribution in [0.3, 0.4) is 0 Å². The molecule has 0 amide bonds. The Morgan fingerprint density at radius 1 is 1.28 bits per heavy atom. The minimum absolute atomic E-state index is 0.259. The van der Waals surface area contributed by atoms with Gasteiger partial charge < -0.3 is 5.11 Å². The predicted octanol–water partition coefficient (Wildman–Crippen LogP) is 2.02. The second-order valence-electron chi connectivity index (χ2n) is 4.04. The Morgan fingerprint density at radius 3 is 2.67 bits per heavy atom. The first-order chi connectivity index (χ1) is 8.69. The third-order valence-corrected chi connectivity index (χ3v) is 2.84. The van der Waals surface area contributed by atoms with Crippen LogP contribution >= 0.6 is 0 Å². The molecule has 0 fully saturated rings. The maximum atomic E-state index is 13.1. The van der Waals surface area contributed by atoms with Crippen molar-refractivity contribution in [2.45, 2.75) is 33.3 Å². The van der Waals surface area contributed by atoms with Gasteiger partial charge in [-0.3, -0.25) is 0 Å². The first-order valence-corrected chi connectivity index (χ1v) is 6.03. The second kappa shape index (κ2) is 5.27. The predicted molar refractivity (Wildman–Crippen MR) is 66.0 cm³/mol. The largest absolute Gasteiger partial charge is 0.392 e. The molecule has 18 heavy (non-hydrogen) atoms. The summed E-state index contributed by atoms with van der Waals surface area (Å²) >= 11 is 0. The molecule has 2 aromatic rings. The molecule has 2 aromatic heterocycles. The van der Waals surface area contributed by atoms with Crippen LogP contribution in [-0.4, -0.2) is 19.9 Å². The molecule has 0 atom stereocenters. The molecule has 0 aliphatic rings. The fourth-order valence-corrected chi connectivity index (χ4v) is 1.86. The van der Waals surface area contributed by atoms with Crippen LogP contribution < -0.4 is 0 Å². The van der Waals surface area contributed by atoms with E-state index in [0.717, 1.165) is 30.4 Å². The summed E-state index contributed by atoms with van der Waals surface area (Å²) in [5.74, 6) is 0.0409. The van der Waals surface area contributed by atoms with Gasteiger partial charge in [-0.15, -0.1) is 0 Å². The summed E-state index contributed by atoms with van der Waals surface area (Å²) in [7, 11) is 0. The van der Waals surface area contributed by atoms with Gasteiger partial charge in [0.05, 0.1) is 18.5 Å². The van der Waals surface area contributed by atoms with Gasteiger partial charge in [0.1, 0.15) is 5.82 Å². The van der Waals surface area contributed by atoms with Crippen LogP contribution in [0.1, 0.15) is 30.8 Å². The third-order valence-electron chi connectivity index (χ3n) is 2.84. The number of aryl methyl sites for hydroxylation is 2. The van der Waals surface area contributed by atoms with Gasteiger partial charge in [0.2, 0.25) is 0 Å². The number of nitrogens with zero attached hydrogens (tertiary/aromatic N) is 3. The van der Waals surface area contributed by atoms with E-state index < -0.39 is 5.82 Å². The van der Waals surface area contributed by atoms with E-state index in [1.807, 2.05) is 19.9 Å². The molecule has 0 unspecified atom stereocenters. The Hall–Kier alpha value is -1.75. The molecular formula is C13H16FN3O. The molecule has 2 rings (SSSR count). The number of hydrogen-bond donors (Lipinski definition) is 1. The Labute approximate surface area is 105 Å². The van der Waals surface area contributed by atoms with Crippen LogP contribution in [0.4, 0.5) is 4.39 Å². The van der Waals surface area contributed by atoms with Gasteiger partial charge in [-0.1, -0.05) is 13.8 Å². The molecule has 96 valence electrons. The summed E-state index contributed by atoms with van der Waals surface area (Å²) in [6, 6.07) is 3.29. The van der Waals surface area contributed by atoms with Crippen molar-refractivity contribution in [2.75, 3.05) is 0 Å². The highest BCUT2D eigenvalue weighted by Gasteiger charge is 2.13. The van der Waals surface area contributed by atoms with Crippen molar-refractivity contribution in [1.82, 2.24) is 14.8 Å². The highest BCUT2D eigenvalue weighted by molar-refractivity contribution is 5.35. The maximum absolute atomic E-state index is 13.1. The normalized spacial score (nSPS) is 10.9. The molecule has 5 heteroatoms. The number of hydrogen-bond acceptors (Lipinski definition) is 3. The average Bonchev–Trinajstić information content (AvgIpc) is 2.81. The van der Waals surface area contributed by atoms with Gasteiger partial charge in [-0.2, -0.15) is 5.10 Å². The summed E-state index contributed by atoms with van der Waals surface area (Å²) in [6.45, 7) is 3.79. The maximum Gasteiger partial charge on any atom is 0.159 e. The summed E-state index contributed by atoms with van der Waals surface area (Å²) < 4.78 is 14.8. The molecule has 0 aromatic carbocycles. The lowest BCUT2D eigenvalue weighted by atomic mass is 10.2. The van der Waals surface area contributed by atoms with Crippen molar-refractivity contribution >= 4 is 0 Å². The quantitative estimate of drug-likeness (QED) is 0.902. The number of rotatable bonds is 4. The van der Waals surface area contributed by atoms with Crippen molar-refractivity contribution in [3.63, 3.8) is 0 Å². The molecule has 0 radical (unpaired) electrons. The molecule has 0 saturated heterocycles. The molecule has 0 aliphatic heterocycles. The number of pyridine rings is 1. The number of aliphatic hydroxyl groups excluding tert-OH is 1. The summed E-state index contributed by atoms with van der Waals surface area (Å²) in [5, 5.41) is 13.7. The second-order valence-corrected chi connectivity index (χ2v) is 4.04. The zero-order chi connectivity index (χ0) is 13.1. The number of halogens is 1. The fraction of sp³-hybridized carbons (Fsp3) is 0.385. The number of aliphatic hydroxyl groups is 1. The Balaban J connectivity index is 2.56. The monoisotopic (exact) mass is 249 g/mol. The Bertz CT molecular complexity index is 551. The molecule has 0 aliphatic carbocycles. The van der Waals surface area contributed by atoms with E-state index in [4.69, 9.17) is 0 Å². The van der Waals surface area contributed by atoms with E-state index in [2.05, 4.69) is 10.1 Å². The lowest BCUT2D eigenvalue weighted by Crippen LogP contribution is -2.08. The van der Waals surface area contributed by atoms with Crippen molar-refractivity contribution < 1.29 is 9.50 Å². The van der Waals surface area contributed by atoms with E-state index in [0.29, 0.717) is 11.4 Å². The molecule has 1 N–H and O–H groups in total. The van der Waals surface area contributed by atoms with Gasteiger partial charge in [0.25, 0.3) is 0 Å². The fourth-order valence-electron chi connectivity index (χ4n) is 1.86. The SMILES string of the molecule is CCc1cc(CC)n(-c2ncc(F)cc2CO)n1. The molecule has 4 nitrogen and oxygen atoms in total. The summed E-state index contributed by atoms with van der Waals surface area (Å²) in [5.41, 5.74) is 2.40. The van der Waals surface area contributed by atoms with E-state index in [-0.39, 0.29) is 6.61 Å². The van der Waals surface area contributed by atoms with E-state index in [1.54, 1.807) is 4.68 Å². The minimum Gasteiger partial charge on any atom is -0.392 e. The van der Waals surface area contributed by atoms with Crippen molar-refractivity contribution in [1.29, 1.82) is 0 Å². The topological polar surface area (TPSA) is 50.9 Å². The molecule has 0 saturated carbocycles. The zero-order valence-electron chi connectivity index (χ0n) is 10.5. The van der Waals surface area contributed by atoms with Gasteiger partial charge in [0, 0.05) is 11.3 Å². The standard InChI is InChI=1S/C13H16FN3O/c1-3-11-6-12(4-2)17(16-11)13-9(8-18)5-10(14)7-15-13/h5-7,18H,3-4,8H2,1-2H3. The third kappa shape index (κ3) is 2.26. The highest BCUT2D eigenvalue weighted by atomic mass is 19.1. The van der Waals surface area contributed by atoms with Crippen LogP contribution in [0.25, 0.3) is 5.82 Å². The average molecular weight is 249 g/mol. The van der Waals surface area contributed by atoms with Gasteiger partial charge in [-0.25, -0.2) is 14.1 Å². The smallest absolute Gasteiger partial charge is 0.159 e. The first-order valence-electron chi connectivity index (χ1n) is 6.03. The lowest BCUT2D eigenvalue weighted by molar-refractivity contribution is 0.280. The van der Waals surface area contributed by atoms with Crippen LogP contribution in [0, 0.1) is 5.82 Å². The van der Waals surface area contributed by atoms with Crippen LogP contribution in [0.2, 0.25) is 0 Å². The van der Waals surface area contributed by atoms with Crippen molar-refractivity contribution in [3.05, 3.63) is 41.1 Å². The molecule has 0 bridgehead atoms. The highest BCUT2D eigenvalue weighted by Crippen LogP contribution is 2.17. The van der Waals surface area contributed by atoms with Gasteiger partial charge in [0.15, 0.2) is 5.82 Å². The van der Waals surface area contributed by atoms with Crippen molar-refractivity contribution in [3.8, 4) is 5.82 Å².